The number of hydrogen-bond acceptors (Lipinski definition) is 3. The summed E-state index contributed by atoms with van der Waals surface area (Å²) in [6, 6.07) is 0.765. The first-order chi connectivity index (χ1) is 7.50. The van der Waals surface area contributed by atoms with Gasteiger partial charge in [-0.15, -0.1) is 0 Å². The van der Waals surface area contributed by atoms with Crippen LogP contribution in [0.4, 0.5) is 0 Å². The predicted molar refractivity (Wildman–Crippen MR) is 68.8 cm³/mol. The van der Waals surface area contributed by atoms with Gasteiger partial charge in [0.05, 0.1) is 0 Å². The molecule has 3 nitrogen and oxygen atoms in total. The van der Waals surface area contributed by atoms with Crippen molar-refractivity contribution < 1.29 is 0 Å². The third-order valence-corrected chi connectivity index (χ3v) is 4.17. The molecule has 94 valence electrons. The van der Waals surface area contributed by atoms with E-state index in [1.165, 1.54) is 45.8 Å². The van der Waals surface area contributed by atoms with Crippen LogP contribution < -0.4 is 0 Å². The maximum Gasteiger partial charge on any atom is 0.0351 e. The fraction of sp³-hybridized carbons (Fsp3) is 1.00. The van der Waals surface area contributed by atoms with E-state index < -0.39 is 0 Å². The summed E-state index contributed by atoms with van der Waals surface area (Å²) in [6.45, 7) is 18.1. The Balaban J connectivity index is 1.96. The second-order valence-corrected chi connectivity index (χ2v) is 6.20. The van der Waals surface area contributed by atoms with E-state index in [9.17, 15) is 0 Å². The first-order valence-corrected chi connectivity index (χ1v) is 6.72. The van der Waals surface area contributed by atoms with Gasteiger partial charge in [-0.3, -0.25) is 9.80 Å². The van der Waals surface area contributed by atoms with Crippen molar-refractivity contribution in [3.8, 4) is 0 Å². The third-order valence-electron chi connectivity index (χ3n) is 4.17. The van der Waals surface area contributed by atoms with Crippen molar-refractivity contribution in [3.05, 3.63) is 0 Å². The number of nitrogens with zero attached hydrogens (tertiary/aromatic N) is 3. The molecular weight excluding hydrogens is 198 g/mol. The van der Waals surface area contributed by atoms with Crippen LogP contribution in [0.15, 0.2) is 0 Å². The van der Waals surface area contributed by atoms with Gasteiger partial charge < -0.3 is 4.90 Å². The molecule has 0 bridgehead atoms. The lowest BCUT2D eigenvalue weighted by Crippen LogP contribution is -2.64. The molecule has 1 atom stereocenters. The zero-order chi connectivity index (χ0) is 11.8. The van der Waals surface area contributed by atoms with Crippen LogP contribution >= 0.6 is 0 Å². The minimum absolute atomic E-state index is 0.334. The molecule has 0 N–H and O–H groups in total. The zero-order valence-electron chi connectivity index (χ0n) is 11.4. The lowest BCUT2D eigenvalue weighted by molar-refractivity contribution is -0.0174. The maximum absolute atomic E-state index is 2.69. The van der Waals surface area contributed by atoms with Crippen molar-refractivity contribution in [1.29, 1.82) is 0 Å². The Morgan fingerprint density at radius 1 is 1.00 bits per heavy atom. The van der Waals surface area contributed by atoms with E-state index in [1.807, 2.05) is 0 Å². The van der Waals surface area contributed by atoms with Gasteiger partial charge in [0.15, 0.2) is 0 Å². The normalized spacial score (nSPS) is 30.4. The van der Waals surface area contributed by atoms with E-state index in [4.69, 9.17) is 0 Å². The second kappa shape index (κ2) is 4.63. The summed E-state index contributed by atoms with van der Waals surface area (Å²) in [5, 5.41) is 0. The SMILES string of the molecule is CCN1CCN2CCN(C(C)(C)C)CC2C1. The largest absolute Gasteiger partial charge is 0.301 e. The number of rotatable bonds is 1. The maximum atomic E-state index is 2.69. The van der Waals surface area contributed by atoms with Gasteiger partial charge in [0.25, 0.3) is 0 Å². The molecule has 0 amide bonds. The topological polar surface area (TPSA) is 9.72 Å². The van der Waals surface area contributed by atoms with Gasteiger partial charge in [0.1, 0.15) is 0 Å². The molecule has 0 aromatic carbocycles. The molecule has 0 aromatic rings. The second-order valence-electron chi connectivity index (χ2n) is 6.20. The zero-order valence-corrected chi connectivity index (χ0v) is 11.4. The first kappa shape index (κ1) is 12.3. The van der Waals surface area contributed by atoms with Crippen LogP contribution in [0.3, 0.4) is 0 Å². The minimum atomic E-state index is 0.334. The van der Waals surface area contributed by atoms with Crippen LogP contribution in [0.5, 0.6) is 0 Å². The average Bonchev–Trinajstić information content (AvgIpc) is 2.26. The van der Waals surface area contributed by atoms with Crippen LogP contribution in [0, 0.1) is 0 Å². The van der Waals surface area contributed by atoms with E-state index in [2.05, 4.69) is 42.4 Å². The number of fused-ring (bicyclic) bond motifs is 1. The highest BCUT2D eigenvalue weighted by Gasteiger charge is 2.34. The molecule has 0 saturated carbocycles. The van der Waals surface area contributed by atoms with Gasteiger partial charge in [0, 0.05) is 50.8 Å². The molecule has 0 aliphatic carbocycles. The van der Waals surface area contributed by atoms with Crippen molar-refractivity contribution in [2.45, 2.75) is 39.3 Å². The van der Waals surface area contributed by atoms with E-state index in [0.717, 1.165) is 6.04 Å². The standard InChI is InChI=1S/C13H27N3/c1-5-14-6-7-15-8-9-16(13(2,3)4)11-12(15)10-14/h12H,5-11H2,1-4H3. The van der Waals surface area contributed by atoms with E-state index in [1.54, 1.807) is 0 Å². The van der Waals surface area contributed by atoms with Gasteiger partial charge in [-0.05, 0) is 27.3 Å². The Morgan fingerprint density at radius 3 is 2.31 bits per heavy atom. The molecule has 2 aliphatic heterocycles. The molecule has 16 heavy (non-hydrogen) atoms. The predicted octanol–water partition coefficient (Wildman–Crippen LogP) is 1.11. The molecule has 2 fully saturated rings. The summed E-state index contributed by atoms with van der Waals surface area (Å²) in [6.07, 6.45) is 0. The molecule has 0 aromatic heterocycles. The fourth-order valence-electron chi connectivity index (χ4n) is 2.92. The van der Waals surface area contributed by atoms with E-state index >= 15 is 0 Å². The van der Waals surface area contributed by atoms with E-state index in [0.29, 0.717) is 5.54 Å². The molecule has 0 radical (unpaired) electrons. The Kier molecular flexibility index (Phi) is 3.57. The molecule has 2 saturated heterocycles. The highest BCUT2D eigenvalue weighted by atomic mass is 15.4. The molecular formula is C13H27N3. The third kappa shape index (κ3) is 2.58. The smallest absolute Gasteiger partial charge is 0.0351 e. The average molecular weight is 225 g/mol. The van der Waals surface area contributed by atoms with Crippen molar-refractivity contribution in [2.75, 3.05) is 45.8 Å². The fourth-order valence-corrected chi connectivity index (χ4v) is 2.92. The van der Waals surface area contributed by atoms with Crippen molar-refractivity contribution in [3.63, 3.8) is 0 Å². The molecule has 2 heterocycles. The molecule has 2 rings (SSSR count). The highest BCUT2D eigenvalue weighted by Crippen LogP contribution is 2.21. The quantitative estimate of drug-likeness (QED) is 0.662. The summed E-state index contributed by atoms with van der Waals surface area (Å²) in [5.41, 5.74) is 0.334. The van der Waals surface area contributed by atoms with Crippen molar-refractivity contribution >= 4 is 0 Å². The van der Waals surface area contributed by atoms with Gasteiger partial charge in [-0.2, -0.15) is 0 Å². The molecule has 1 unspecified atom stereocenters. The Labute approximate surface area is 100 Å². The van der Waals surface area contributed by atoms with Crippen molar-refractivity contribution in [2.24, 2.45) is 0 Å². The Bertz CT molecular complexity index is 234. The highest BCUT2D eigenvalue weighted by molar-refractivity contribution is 4.92. The summed E-state index contributed by atoms with van der Waals surface area (Å²) in [7, 11) is 0. The summed E-state index contributed by atoms with van der Waals surface area (Å²) in [4.78, 5) is 7.93. The van der Waals surface area contributed by atoms with Gasteiger partial charge >= 0.3 is 0 Å². The van der Waals surface area contributed by atoms with Gasteiger partial charge in [0.2, 0.25) is 0 Å². The minimum Gasteiger partial charge on any atom is -0.301 e. The molecule has 3 heteroatoms. The monoisotopic (exact) mass is 225 g/mol. The molecule has 0 spiro atoms. The van der Waals surface area contributed by atoms with E-state index in [-0.39, 0.29) is 0 Å². The molecule has 2 aliphatic rings. The van der Waals surface area contributed by atoms with Gasteiger partial charge in [-0.1, -0.05) is 6.92 Å². The number of piperazine rings is 2. The Morgan fingerprint density at radius 2 is 1.69 bits per heavy atom. The van der Waals surface area contributed by atoms with Crippen LogP contribution in [-0.4, -0.2) is 72.1 Å². The van der Waals surface area contributed by atoms with Crippen molar-refractivity contribution in [1.82, 2.24) is 14.7 Å². The van der Waals surface area contributed by atoms with Crippen LogP contribution in [-0.2, 0) is 0 Å². The summed E-state index contributed by atoms with van der Waals surface area (Å²) in [5.74, 6) is 0. The van der Waals surface area contributed by atoms with Gasteiger partial charge in [-0.25, -0.2) is 0 Å². The Hall–Kier alpha value is -0.120. The lowest BCUT2D eigenvalue weighted by Gasteiger charge is -2.50. The summed E-state index contributed by atoms with van der Waals surface area (Å²) < 4.78 is 0. The number of hydrogen-bond donors (Lipinski definition) is 0. The number of likely N-dealkylation sites (N-methyl/N-ethyl adjacent to an activating group) is 1. The summed E-state index contributed by atoms with van der Waals surface area (Å²) >= 11 is 0. The van der Waals surface area contributed by atoms with Crippen LogP contribution in [0.2, 0.25) is 0 Å². The first-order valence-electron chi connectivity index (χ1n) is 6.72. The van der Waals surface area contributed by atoms with Crippen LogP contribution in [0.25, 0.3) is 0 Å². The lowest BCUT2D eigenvalue weighted by atomic mass is 10.0. The van der Waals surface area contributed by atoms with Crippen LogP contribution in [0.1, 0.15) is 27.7 Å².